The van der Waals surface area contributed by atoms with Gasteiger partial charge in [-0.05, 0) is 25.7 Å². The number of amides is 1. The number of hydrogen-bond donors (Lipinski definition) is 0. The van der Waals surface area contributed by atoms with Crippen LogP contribution in [-0.4, -0.2) is 40.5 Å². The van der Waals surface area contributed by atoms with Crippen LogP contribution in [0.25, 0.3) is 0 Å². The molecule has 0 spiro atoms. The Morgan fingerprint density at radius 1 is 1.23 bits per heavy atom. The van der Waals surface area contributed by atoms with Gasteiger partial charge in [0.25, 0.3) is 0 Å². The third kappa shape index (κ3) is 2.29. The summed E-state index contributed by atoms with van der Waals surface area (Å²) in [4.78, 5) is 13.5. The van der Waals surface area contributed by atoms with Gasteiger partial charge in [-0.2, -0.15) is 30.8 Å². The number of nitrogens with zero attached hydrogens (tertiary/aromatic N) is 3. The zero-order chi connectivity index (χ0) is 16.1. The minimum Gasteiger partial charge on any atom is -0.336 e. The molecule has 6 nitrogen and oxygen atoms in total. The molecule has 2 aliphatic rings. The summed E-state index contributed by atoms with van der Waals surface area (Å²) in [5, 5.41) is 3.61. The molecule has 1 fully saturated rings. The van der Waals surface area contributed by atoms with Crippen LogP contribution in [0.5, 0.6) is 0 Å². The van der Waals surface area contributed by atoms with Gasteiger partial charge in [-0.3, -0.25) is 4.79 Å². The summed E-state index contributed by atoms with van der Waals surface area (Å²) in [6.45, 7) is 0.542. The van der Waals surface area contributed by atoms with E-state index in [9.17, 15) is 26.4 Å². The molecule has 1 amide bonds. The lowest BCUT2D eigenvalue weighted by Crippen LogP contribution is -2.32. The largest absolute Gasteiger partial charge is 0.518 e. The van der Waals surface area contributed by atoms with Crippen molar-refractivity contribution in [2.45, 2.75) is 43.7 Å². The second-order valence-corrected chi connectivity index (χ2v) is 7.24. The van der Waals surface area contributed by atoms with Crippen LogP contribution >= 0.6 is 0 Å². The fourth-order valence-electron chi connectivity index (χ4n) is 3.04. The Bertz CT molecular complexity index is 711. The van der Waals surface area contributed by atoms with E-state index in [1.54, 1.807) is 4.90 Å². The van der Waals surface area contributed by atoms with E-state index in [1.807, 2.05) is 0 Å². The highest BCUT2D eigenvalue weighted by Crippen LogP contribution is 2.37. The van der Waals surface area contributed by atoms with E-state index in [0.717, 1.165) is 6.20 Å². The molecule has 122 valence electrons. The summed E-state index contributed by atoms with van der Waals surface area (Å²) in [7, 11) is -5.53. The molecule has 1 saturated heterocycles. The van der Waals surface area contributed by atoms with Crippen molar-refractivity contribution in [1.82, 2.24) is 14.1 Å². The van der Waals surface area contributed by atoms with Crippen LogP contribution in [0.15, 0.2) is 6.20 Å². The highest BCUT2D eigenvalue weighted by molar-refractivity contribution is 7.90. The van der Waals surface area contributed by atoms with E-state index in [-0.39, 0.29) is 16.0 Å². The minimum atomic E-state index is -5.53. The molecular weight excluding hydrogens is 323 g/mol. The number of rotatable bonds is 2. The summed E-state index contributed by atoms with van der Waals surface area (Å²) in [6, 6.07) is -0.379. The first-order valence-corrected chi connectivity index (χ1v) is 8.35. The normalized spacial score (nSPS) is 23.0. The first-order valence-electron chi connectivity index (χ1n) is 6.91. The number of likely N-dealkylation sites (tertiary alicyclic amines) is 1. The van der Waals surface area contributed by atoms with Crippen LogP contribution < -0.4 is 0 Å². The number of halogens is 3. The van der Waals surface area contributed by atoms with Crippen LogP contribution in [0, 0.1) is 0 Å². The van der Waals surface area contributed by atoms with Gasteiger partial charge >= 0.3 is 15.5 Å². The standard InChI is InChI=1S/C12H14F3N3O3S/c13-12(14,15)22(20,21)18-7-8-9(16-18)3-1-4-10(8)17-6-2-5-11(17)19/h7,10H,1-6H2. The number of hydrogen-bond acceptors (Lipinski definition) is 4. The van der Waals surface area contributed by atoms with Gasteiger partial charge in [0.1, 0.15) is 0 Å². The van der Waals surface area contributed by atoms with E-state index in [4.69, 9.17) is 0 Å². The third-order valence-electron chi connectivity index (χ3n) is 4.08. The molecule has 1 aromatic rings. The Labute approximate surface area is 124 Å². The van der Waals surface area contributed by atoms with Gasteiger partial charge in [0, 0.05) is 24.7 Å². The molecule has 1 aliphatic heterocycles. The summed E-state index contributed by atoms with van der Waals surface area (Å²) < 4.78 is 60.8. The Morgan fingerprint density at radius 2 is 1.95 bits per heavy atom. The number of aryl methyl sites for hydroxylation is 1. The molecule has 1 aliphatic carbocycles. The lowest BCUT2D eigenvalue weighted by Gasteiger charge is -2.30. The van der Waals surface area contributed by atoms with Crippen LogP contribution in [0.2, 0.25) is 0 Å². The maximum Gasteiger partial charge on any atom is 0.518 e. The van der Waals surface area contributed by atoms with Crippen molar-refractivity contribution in [2.24, 2.45) is 0 Å². The molecule has 1 aromatic heterocycles. The monoisotopic (exact) mass is 337 g/mol. The van der Waals surface area contributed by atoms with Crippen molar-refractivity contribution in [1.29, 1.82) is 0 Å². The van der Waals surface area contributed by atoms with Crippen LogP contribution in [0.4, 0.5) is 13.2 Å². The third-order valence-corrected chi connectivity index (χ3v) is 5.34. The van der Waals surface area contributed by atoms with E-state index in [2.05, 4.69) is 5.10 Å². The van der Waals surface area contributed by atoms with Gasteiger partial charge in [0.05, 0.1) is 11.7 Å². The number of alkyl halides is 3. The van der Waals surface area contributed by atoms with E-state index < -0.39 is 15.5 Å². The maximum atomic E-state index is 12.6. The van der Waals surface area contributed by atoms with Crippen molar-refractivity contribution in [3.05, 3.63) is 17.5 Å². The molecule has 0 radical (unpaired) electrons. The molecular formula is C12H14F3N3O3S. The topological polar surface area (TPSA) is 72.3 Å². The van der Waals surface area contributed by atoms with Gasteiger partial charge < -0.3 is 4.90 Å². The number of carbonyl (C=O) groups is 1. The molecule has 3 rings (SSSR count). The van der Waals surface area contributed by atoms with Gasteiger partial charge in [0.2, 0.25) is 5.91 Å². The van der Waals surface area contributed by atoms with Crippen molar-refractivity contribution in [3.8, 4) is 0 Å². The van der Waals surface area contributed by atoms with Crippen molar-refractivity contribution in [2.75, 3.05) is 6.54 Å². The lowest BCUT2D eigenvalue weighted by molar-refractivity contribution is -0.130. The fourth-order valence-corrected chi connectivity index (χ4v) is 3.71. The van der Waals surface area contributed by atoms with Crippen molar-refractivity contribution >= 4 is 15.9 Å². The Hall–Kier alpha value is -1.58. The zero-order valence-electron chi connectivity index (χ0n) is 11.5. The molecule has 2 heterocycles. The first-order chi connectivity index (χ1) is 10.2. The zero-order valence-corrected chi connectivity index (χ0v) is 12.3. The molecule has 0 N–H and O–H groups in total. The highest BCUT2D eigenvalue weighted by Gasteiger charge is 2.49. The molecule has 1 unspecified atom stereocenters. The second-order valence-electron chi connectivity index (χ2n) is 5.45. The van der Waals surface area contributed by atoms with Gasteiger partial charge in [-0.25, -0.2) is 0 Å². The Balaban J connectivity index is 2.01. The smallest absolute Gasteiger partial charge is 0.336 e. The predicted molar refractivity (Wildman–Crippen MR) is 69.2 cm³/mol. The second kappa shape index (κ2) is 4.97. The SMILES string of the molecule is O=C1CCCN1C1CCCc2nn(S(=O)(=O)C(F)(F)F)cc21. The molecule has 0 bridgehead atoms. The van der Waals surface area contributed by atoms with Crippen molar-refractivity contribution < 1.29 is 26.4 Å². The molecule has 0 aromatic carbocycles. The molecule has 1 atom stereocenters. The Morgan fingerprint density at radius 3 is 2.55 bits per heavy atom. The Kier molecular flexibility index (Phi) is 3.46. The maximum absolute atomic E-state index is 12.6. The van der Waals surface area contributed by atoms with Crippen LogP contribution in [-0.2, 0) is 21.2 Å². The van der Waals surface area contributed by atoms with Gasteiger partial charge in [0.15, 0.2) is 0 Å². The summed E-state index contributed by atoms with van der Waals surface area (Å²) in [5.74, 6) is -0.0516. The van der Waals surface area contributed by atoms with Crippen LogP contribution in [0.1, 0.15) is 43.0 Å². The summed E-state index contributed by atoms with van der Waals surface area (Å²) in [6.07, 6.45) is 3.71. The average Bonchev–Trinajstić information content (AvgIpc) is 3.02. The molecule has 10 heteroatoms. The minimum absolute atomic E-state index is 0.00344. The average molecular weight is 337 g/mol. The van der Waals surface area contributed by atoms with Gasteiger partial charge in [-0.1, -0.05) is 0 Å². The number of fused-ring (bicyclic) bond motifs is 1. The van der Waals surface area contributed by atoms with E-state index >= 15 is 0 Å². The highest BCUT2D eigenvalue weighted by atomic mass is 32.2. The fraction of sp³-hybridized carbons (Fsp3) is 0.667. The van der Waals surface area contributed by atoms with Crippen molar-refractivity contribution in [3.63, 3.8) is 0 Å². The first kappa shape index (κ1) is 15.3. The van der Waals surface area contributed by atoms with Gasteiger partial charge in [-0.15, -0.1) is 0 Å². The van der Waals surface area contributed by atoms with E-state index in [1.165, 1.54) is 0 Å². The quantitative estimate of drug-likeness (QED) is 0.821. The van der Waals surface area contributed by atoms with E-state index in [0.29, 0.717) is 49.9 Å². The predicted octanol–water partition coefficient (Wildman–Crippen LogP) is 1.58. The number of carbonyl (C=O) groups excluding carboxylic acids is 1. The number of aromatic nitrogens is 2. The lowest BCUT2D eigenvalue weighted by atomic mass is 9.92. The molecule has 22 heavy (non-hydrogen) atoms. The molecule has 0 saturated carbocycles. The summed E-state index contributed by atoms with van der Waals surface area (Å²) in [5.41, 5.74) is -4.67. The summed E-state index contributed by atoms with van der Waals surface area (Å²) >= 11 is 0. The van der Waals surface area contributed by atoms with Crippen LogP contribution in [0.3, 0.4) is 0 Å².